The van der Waals surface area contributed by atoms with Crippen molar-refractivity contribution in [2.24, 2.45) is 0 Å². The molecule has 0 aliphatic rings. The second kappa shape index (κ2) is 7.33. The van der Waals surface area contributed by atoms with Crippen LogP contribution in [-0.4, -0.2) is 8.32 Å². The van der Waals surface area contributed by atoms with Crippen molar-refractivity contribution < 1.29 is 4.43 Å². The zero-order chi connectivity index (χ0) is 15.2. The van der Waals surface area contributed by atoms with E-state index in [-0.39, 0.29) is 5.04 Å². The van der Waals surface area contributed by atoms with Crippen LogP contribution in [0.15, 0.2) is 36.6 Å². The number of hydrogen-bond donors (Lipinski definition) is 0. The van der Waals surface area contributed by atoms with Gasteiger partial charge >= 0.3 is 0 Å². The molecule has 1 aromatic rings. The number of hydrogen-bond acceptors (Lipinski definition) is 1. The highest BCUT2D eigenvalue weighted by Gasteiger charge is 2.37. The molecular formula is C17H27ClOSi. The summed E-state index contributed by atoms with van der Waals surface area (Å²) in [7, 11) is -1.64. The van der Waals surface area contributed by atoms with Gasteiger partial charge in [-0.2, -0.15) is 0 Å². The minimum atomic E-state index is -1.64. The molecule has 20 heavy (non-hydrogen) atoms. The van der Waals surface area contributed by atoms with Crippen molar-refractivity contribution in [1.29, 1.82) is 0 Å². The van der Waals surface area contributed by atoms with E-state index in [0.717, 1.165) is 24.3 Å². The number of rotatable bonds is 6. The van der Waals surface area contributed by atoms with Crippen LogP contribution in [0, 0.1) is 0 Å². The molecule has 0 radical (unpaired) electrons. The zero-order valence-electron chi connectivity index (χ0n) is 13.4. The molecule has 112 valence electrons. The molecule has 1 rings (SSSR count). The lowest BCUT2D eigenvalue weighted by Crippen LogP contribution is -2.39. The molecule has 0 N–H and O–H groups in total. The average molecular weight is 311 g/mol. The van der Waals surface area contributed by atoms with E-state index in [2.05, 4.69) is 46.0 Å². The van der Waals surface area contributed by atoms with Gasteiger partial charge in [-0.25, -0.2) is 0 Å². The molecule has 0 spiro atoms. The highest BCUT2D eigenvalue weighted by atomic mass is 35.5. The summed E-state index contributed by atoms with van der Waals surface area (Å²) in [5.41, 5.74) is 1.30. The van der Waals surface area contributed by atoms with E-state index >= 15 is 0 Å². The standard InChI is InChI=1S/C17H27ClOSi/c1-17(2,3)20(4,5)19-13-8-6-7-10-15-11-9-12-16(18)14-15/h8-9,11-14H,6-7,10H2,1-5H3. The molecular weight excluding hydrogens is 284 g/mol. The lowest BCUT2D eigenvalue weighted by Gasteiger charge is -2.34. The number of allylic oxidation sites excluding steroid dienone is 1. The molecule has 0 aliphatic heterocycles. The maximum absolute atomic E-state index is 6.00. The topological polar surface area (TPSA) is 9.23 Å². The molecule has 0 heterocycles. The summed E-state index contributed by atoms with van der Waals surface area (Å²) in [6.45, 7) is 11.3. The minimum absolute atomic E-state index is 0.262. The van der Waals surface area contributed by atoms with Gasteiger partial charge in [-0.3, -0.25) is 0 Å². The summed E-state index contributed by atoms with van der Waals surface area (Å²) >= 11 is 5.97. The van der Waals surface area contributed by atoms with E-state index in [1.807, 2.05) is 24.5 Å². The van der Waals surface area contributed by atoms with Crippen LogP contribution >= 0.6 is 11.6 Å². The highest BCUT2D eigenvalue weighted by molar-refractivity contribution is 6.74. The third-order valence-electron chi connectivity index (χ3n) is 3.99. The number of benzene rings is 1. The molecule has 0 aliphatic carbocycles. The van der Waals surface area contributed by atoms with Gasteiger partial charge in [0.2, 0.25) is 8.32 Å². The van der Waals surface area contributed by atoms with E-state index in [1.165, 1.54) is 5.56 Å². The van der Waals surface area contributed by atoms with Gasteiger partial charge in [0.1, 0.15) is 0 Å². The third-order valence-corrected chi connectivity index (χ3v) is 8.56. The molecule has 0 amide bonds. The van der Waals surface area contributed by atoms with Gasteiger partial charge in [0.15, 0.2) is 0 Å². The fourth-order valence-electron chi connectivity index (χ4n) is 1.58. The van der Waals surface area contributed by atoms with Crippen LogP contribution in [0.5, 0.6) is 0 Å². The first-order valence-corrected chi connectivity index (χ1v) is 10.6. The quantitative estimate of drug-likeness (QED) is 0.345. The molecule has 3 heteroatoms. The number of halogens is 1. The normalized spacial score (nSPS) is 12.9. The largest absolute Gasteiger partial charge is 0.549 e. The Morgan fingerprint density at radius 1 is 1.25 bits per heavy atom. The molecule has 0 saturated heterocycles. The number of unbranched alkanes of at least 4 members (excludes halogenated alkanes) is 1. The van der Waals surface area contributed by atoms with Crippen LogP contribution in [-0.2, 0) is 10.8 Å². The van der Waals surface area contributed by atoms with Crippen LogP contribution in [0.3, 0.4) is 0 Å². The first-order valence-electron chi connectivity index (χ1n) is 7.30. The molecule has 0 saturated carbocycles. The Hall–Kier alpha value is -0.733. The predicted octanol–water partition coefficient (Wildman–Crippen LogP) is 6.20. The molecule has 0 fully saturated rings. The van der Waals surface area contributed by atoms with Crippen LogP contribution in [0.25, 0.3) is 0 Å². The van der Waals surface area contributed by atoms with Crippen molar-refractivity contribution in [3.05, 3.63) is 47.2 Å². The fourth-order valence-corrected chi connectivity index (χ4v) is 2.58. The van der Waals surface area contributed by atoms with Gasteiger partial charge in [0.25, 0.3) is 0 Å². The number of aryl methyl sites for hydroxylation is 1. The summed E-state index contributed by atoms with van der Waals surface area (Å²) in [4.78, 5) is 0. The Labute approximate surface area is 130 Å². The van der Waals surface area contributed by atoms with E-state index in [1.54, 1.807) is 0 Å². The maximum Gasteiger partial charge on any atom is 0.249 e. The van der Waals surface area contributed by atoms with E-state index < -0.39 is 8.32 Å². The smallest absolute Gasteiger partial charge is 0.249 e. The maximum atomic E-state index is 6.00. The highest BCUT2D eigenvalue weighted by Crippen LogP contribution is 2.36. The van der Waals surface area contributed by atoms with Crippen molar-refractivity contribution in [2.75, 3.05) is 0 Å². The van der Waals surface area contributed by atoms with Gasteiger partial charge in [0.05, 0.1) is 6.26 Å². The van der Waals surface area contributed by atoms with Gasteiger partial charge in [0, 0.05) is 5.02 Å². The Kier molecular flexibility index (Phi) is 6.34. The predicted molar refractivity (Wildman–Crippen MR) is 91.8 cm³/mol. The second-order valence-corrected chi connectivity index (χ2v) is 12.0. The Bertz CT molecular complexity index is 447. The van der Waals surface area contributed by atoms with E-state index in [0.29, 0.717) is 0 Å². The minimum Gasteiger partial charge on any atom is -0.549 e. The first-order chi connectivity index (χ1) is 9.22. The fraction of sp³-hybridized carbons (Fsp3) is 0.529. The second-order valence-electron chi connectivity index (χ2n) is 6.77. The molecule has 1 nitrogen and oxygen atoms in total. The van der Waals surface area contributed by atoms with Gasteiger partial charge in [-0.1, -0.05) is 50.6 Å². The average Bonchev–Trinajstić information content (AvgIpc) is 2.32. The van der Waals surface area contributed by atoms with Gasteiger partial charge in [-0.15, -0.1) is 0 Å². The Balaban J connectivity index is 2.30. The Morgan fingerprint density at radius 3 is 2.55 bits per heavy atom. The summed E-state index contributed by atoms with van der Waals surface area (Å²) < 4.78 is 6.00. The van der Waals surface area contributed by atoms with Crippen molar-refractivity contribution in [2.45, 2.75) is 58.2 Å². The van der Waals surface area contributed by atoms with Crippen molar-refractivity contribution in [3.8, 4) is 0 Å². The van der Waals surface area contributed by atoms with Crippen LogP contribution < -0.4 is 0 Å². The van der Waals surface area contributed by atoms with Crippen LogP contribution in [0.2, 0.25) is 23.2 Å². The molecule has 0 unspecified atom stereocenters. The lowest BCUT2D eigenvalue weighted by atomic mass is 10.1. The summed E-state index contributed by atoms with van der Waals surface area (Å²) in [6, 6.07) is 8.09. The lowest BCUT2D eigenvalue weighted by molar-refractivity contribution is 0.428. The van der Waals surface area contributed by atoms with Crippen LogP contribution in [0.1, 0.15) is 39.2 Å². The van der Waals surface area contributed by atoms with Gasteiger partial charge < -0.3 is 4.43 Å². The zero-order valence-corrected chi connectivity index (χ0v) is 15.1. The van der Waals surface area contributed by atoms with Gasteiger partial charge in [-0.05, 0) is 55.1 Å². The van der Waals surface area contributed by atoms with Crippen LogP contribution in [0.4, 0.5) is 0 Å². The summed E-state index contributed by atoms with van der Waals surface area (Å²) in [5.74, 6) is 0. The SMILES string of the molecule is CC(C)(C)[Si](C)(C)OC=CCCCc1cccc(Cl)c1. The Morgan fingerprint density at radius 2 is 1.95 bits per heavy atom. The van der Waals surface area contributed by atoms with Crippen molar-refractivity contribution in [1.82, 2.24) is 0 Å². The monoisotopic (exact) mass is 310 g/mol. The molecule has 0 bridgehead atoms. The van der Waals surface area contributed by atoms with E-state index in [4.69, 9.17) is 16.0 Å². The van der Waals surface area contributed by atoms with E-state index in [9.17, 15) is 0 Å². The summed E-state index contributed by atoms with van der Waals surface area (Å²) in [6.07, 6.45) is 7.28. The first kappa shape index (κ1) is 17.3. The van der Waals surface area contributed by atoms with Crippen molar-refractivity contribution >= 4 is 19.9 Å². The summed E-state index contributed by atoms with van der Waals surface area (Å²) in [5, 5.41) is 1.08. The van der Waals surface area contributed by atoms with Crippen molar-refractivity contribution in [3.63, 3.8) is 0 Å². The molecule has 0 atom stereocenters. The molecule has 1 aromatic carbocycles. The molecule has 0 aromatic heterocycles. The third kappa shape index (κ3) is 5.72.